The van der Waals surface area contributed by atoms with Crippen LogP contribution in [0.4, 0.5) is 0 Å². The summed E-state index contributed by atoms with van der Waals surface area (Å²) in [7, 11) is 0. The smallest absolute Gasteiger partial charge is 0.164 e. The summed E-state index contributed by atoms with van der Waals surface area (Å²) in [6.45, 7) is 7.76. The fraction of sp³-hybridized carbons (Fsp3) is 0.846. The lowest BCUT2D eigenvalue weighted by atomic mass is 10.0. The highest BCUT2D eigenvalue weighted by atomic mass is 16.8. The third-order valence-electron chi connectivity index (χ3n) is 2.80. The number of hydrogen-bond donors (Lipinski definition) is 0. The first-order valence-electron chi connectivity index (χ1n) is 6.48. The molecule has 4 unspecified atom stereocenters. The van der Waals surface area contributed by atoms with E-state index in [1.54, 1.807) is 27.7 Å². The summed E-state index contributed by atoms with van der Waals surface area (Å²) in [6.07, 6.45) is -1.54. The first kappa shape index (κ1) is 16.2. The number of carbonyl (C=O) groups excluding carboxylic acids is 2. The highest BCUT2D eigenvalue weighted by molar-refractivity contribution is 5.60. The van der Waals surface area contributed by atoms with Gasteiger partial charge in [-0.1, -0.05) is 0 Å². The molecule has 1 aliphatic rings. The number of carbonyl (C=O) groups is 2. The lowest BCUT2D eigenvalue weighted by Gasteiger charge is -2.25. The van der Waals surface area contributed by atoms with Gasteiger partial charge in [-0.3, -0.25) is 0 Å². The molecule has 1 heterocycles. The van der Waals surface area contributed by atoms with Crippen LogP contribution >= 0.6 is 0 Å². The maximum absolute atomic E-state index is 11.1. The van der Waals surface area contributed by atoms with Crippen LogP contribution < -0.4 is 0 Å². The zero-order chi connectivity index (χ0) is 14.5. The molecule has 6 nitrogen and oxygen atoms in total. The van der Waals surface area contributed by atoms with Crippen molar-refractivity contribution in [3.8, 4) is 0 Å². The monoisotopic (exact) mass is 274 g/mol. The lowest BCUT2D eigenvalue weighted by Crippen LogP contribution is -2.45. The van der Waals surface area contributed by atoms with Crippen molar-refractivity contribution in [1.29, 1.82) is 0 Å². The van der Waals surface area contributed by atoms with E-state index in [0.717, 1.165) is 0 Å². The average Bonchev–Trinajstić information content (AvgIpc) is 2.68. The van der Waals surface area contributed by atoms with Crippen molar-refractivity contribution in [1.82, 2.24) is 0 Å². The van der Waals surface area contributed by atoms with Gasteiger partial charge in [0, 0.05) is 13.2 Å². The molecule has 0 saturated carbocycles. The Morgan fingerprint density at radius 3 is 1.63 bits per heavy atom. The van der Waals surface area contributed by atoms with E-state index in [0.29, 0.717) is 25.8 Å². The van der Waals surface area contributed by atoms with Crippen molar-refractivity contribution < 1.29 is 28.5 Å². The number of hydrogen-bond acceptors (Lipinski definition) is 6. The molecule has 0 aromatic heterocycles. The zero-order valence-electron chi connectivity index (χ0n) is 11.8. The molecule has 110 valence electrons. The van der Waals surface area contributed by atoms with Crippen molar-refractivity contribution in [3.63, 3.8) is 0 Å². The summed E-state index contributed by atoms with van der Waals surface area (Å²) in [5.41, 5.74) is 0. The Morgan fingerprint density at radius 2 is 1.37 bits per heavy atom. The second-order valence-corrected chi connectivity index (χ2v) is 4.68. The van der Waals surface area contributed by atoms with Gasteiger partial charge in [0.25, 0.3) is 0 Å². The molecule has 1 fully saturated rings. The van der Waals surface area contributed by atoms with Gasteiger partial charge in [-0.25, -0.2) is 0 Å². The second kappa shape index (κ2) is 7.09. The van der Waals surface area contributed by atoms with Gasteiger partial charge >= 0.3 is 0 Å². The minimum absolute atomic E-state index is 0.372. The number of ether oxygens (including phenoxy) is 4. The van der Waals surface area contributed by atoms with Gasteiger partial charge in [0.1, 0.15) is 24.4 Å². The molecule has 0 aromatic carbocycles. The molecule has 19 heavy (non-hydrogen) atoms. The molecule has 0 N–H and O–H groups in total. The zero-order valence-corrected chi connectivity index (χ0v) is 11.8. The van der Waals surface area contributed by atoms with Crippen LogP contribution in [-0.4, -0.2) is 56.0 Å². The van der Waals surface area contributed by atoms with E-state index in [2.05, 4.69) is 0 Å². The summed E-state index contributed by atoms with van der Waals surface area (Å²) in [6, 6.07) is 0. The molecule has 0 aliphatic carbocycles. The molecule has 0 amide bonds. The van der Waals surface area contributed by atoms with Crippen molar-refractivity contribution in [2.24, 2.45) is 0 Å². The SMILES string of the molecule is CCOC(C=O)C1OC(C)(C)OC1C(C=O)OCC. The fourth-order valence-electron chi connectivity index (χ4n) is 2.13. The Labute approximate surface area is 113 Å². The van der Waals surface area contributed by atoms with E-state index >= 15 is 0 Å². The molecule has 1 saturated heterocycles. The molecule has 0 aromatic rings. The van der Waals surface area contributed by atoms with E-state index in [9.17, 15) is 9.59 Å². The van der Waals surface area contributed by atoms with E-state index < -0.39 is 30.2 Å². The average molecular weight is 274 g/mol. The van der Waals surface area contributed by atoms with Crippen molar-refractivity contribution in [2.75, 3.05) is 13.2 Å². The predicted octanol–water partition coefficient (Wildman–Crippen LogP) is 0.714. The molecule has 6 heteroatoms. The van der Waals surface area contributed by atoms with Crippen LogP contribution in [0.3, 0.4) is 0 Å². The molecule has 0 bridgehead atoms. The minimum Gasteiger partial charge on any atom is -0.368 e. The largest absolute Gasteiger partial charge is 0.368 e. The predicted molar refractivity (Wildman–Crippen MR) is 66.8 cm³/mol. The molecule has 0 radical (unpaired) electrons. The standard InChI is InChI=1S/C13H22O6/c1-5-16-9(7-14)11-12(10(8-15)17-6-2)19-13(3,4)18-11/h7-12H,5-6H2,1-4H3. The first-order valence-corrected chi connectivity index (χ1v) is 6.48. The summed E-state index contributed by atoms with van der Waals surface area (Å²) in [4.78, 5) is 22.2. The molecule has 1 rings (SSSR count). The van der Waals surface area contributed by atoms with E-state index in [4.69, 9.17) is 18.9 Å². The van der Waals surface area contributed by atoms with Crippen molar-refractivity contribution >= 4 is 12.6 Å². The first-order chi connectivity index (χ1) is 8.99. The van der Waals surface area contributed by atoms with Crippen molar-refractivity contribution in [3.05, 3.63) is 0 Å². The summed E-state index contributed by atoms with van der Waals surface area (Å²) in [5, 5.41) is 0. The van der Waals surface area contributed by atoms with Gasteiger partial charge < -0.3 is 28.5 Å². The third-order valence-corrected chi connectivity index (χ3v) is 2.80. The van der Waals surface area contributed by atoms with Gasteiger partial charge in [0.2, 0.25) is 0 Å². The molecule has 4 atom stereocenters. The quantitative estimate of drug-likeness (QED) is 0.607. The van der Waals surface area contributed by atoms with Crippen LogP contribution in [0.5, 0.6) is 0 Å². The Hall–Kier alpha value is -0.820. The third kappa shape index (κ3) is 4.07. The normalized spacial score (nSPS) is 28.8. The van der Waals surface area contributed by atoms with Gasteiger partial charge in [-0.2, -0.15) is 0 Å². The summed E-state index contributed by atoms with van der Waals surface area (Å²) >= 11 is 0. The Kier molecular flexibility index (Phi) is 6.06. The summed E-state index contributed by atoms with van der Waals surface area (Å²) < 4.78 is 22.0. The molecular weight excluding hydrogens is 252 g/mol. The maximum atomic E-state index is 11.1. The van der Waals surface area contributed by atoms with E-state index in [1.165, 1.54) is 0 Å². The number of rotatable bonds is 8. The Morgan fingerprint density at radius 1 is 1.00 bits per heavy atom. The minimum atomic E-state index is -0.883. The maximum Gasteiger partial charge on any atom is 0.164 e. The Balaban J connectivity index is 2.90. The van der Waals surface area contributed by atoms with Crippen LogP contribution in [0.25, 0.3) is 0 Å². The van der Waals surface area contributed by atoms with Crippen LogP contribution in [0.2, 0.25) is 0 Å². The summed E-state index contributed by atoms with van der Waals surface area (Å²) in [5.74, 6) is -0.883. The number of aldehydes is 2. The highest BCUT2D eigenvalue weighted by Gasteiger charge is 2.49. The van der Waals surface area contributed by atoms with Gasteiger partial charge in [-0.05, 0) is 27.7 Å². The van der Waals surface area contributed by atoms with Gasteiger partial charge in [-0.15, -0.1) is 0 Å². The molecule has 0 spiro atoms. The topological polar surface area (TPSA) is 71.1 Å². The lowest BCUT2D eigenvalue weighted by molar-refractivity contribution is -0.165. The van der Waals surface area contributed by atoms with E-state index in [-0.39, 0.29) is 0 Å². The van der Waals surface area contributed by atoms with Crippen molar-refractivity contribution in [2.45, 2.75) is 57.9 Å². The van der Waals surface area contributed by atoms with Crippen LogP contribution in [0.1, 0.15) is 27.7 Å². The Bertz CT molecular complexity index is 276. The fourth-order valence-corrected chi connectivity index (χ4v) is 2.13. The van der Waals surface area contributed by atoms with Gasteiger partial charge in [0.05, 0.1) is 0 Å². The molecular formula is C13H22O6. The van der Waals surface area contributed by atoms with Crippen LogP contribution in [0.15, 0.2) is 0 Å². The van der Waals surface area contributed by atoms with Crippen LogP contribution in [-0.2, 0) is 28.5 Å². The van der Waals surface area contributed by atoms with Gasteiger partial charge in [0.15, 0.2) is 18.4 Å². The van der Waals surface area contributed by atoms with Crippen LogP contribution in [0, 0.1) is 0 Å². The highest BCUT2D eigenvalue weighted by Crippen LogP contribution is 2.32. The van der Waals surface area contributed by atoms with E-state index in [1.807, 2.05) is 0 Å². The second-order valence-electron chi connectivity index (χ2n) is 4.68. The molecule has 1 aliphatic heterocycles.